The summed E-state index contributed by atoms with van der Waals surface area (Å²) in [5.41, 5.74) is 1.21. The van der Waals surface area contributed by atoms with Gasteiger partial charge in [0, 0.05) is 12.6 Å². The van der Waals surface area contributed by atoms with Gasteiger partial charge in [-0.15, -0.1) is 0 Å². The van der Waals surface area contributed by atoms with Crippen molar-refractivity contribution in [2.75, 3.05) is 5.32 Å². The molecule has 130 valence electrons. The number of aryl methyl sites for hydroxylation is 1. The van der Waals surface area contributed by atoms with Gasteiger partial charge >= 0.3 is 0 Å². The molecule has 1 unspecified atom stereocenters. The predicted molar refractivity (Wildman–Crippen MR) is 96.4 cm³/mol. The second kappa shape index (κ2) is 7.51. The number of nitrogens with one attached hydrogen (secondary N) is 1. The molecule has 0 aliphatic carbocycles. The summed E-state index contributed by atoms with van der Waals surface area (Å²) >= 11 is 0. The number of nitrogens with zero attached hydrogens (tertiary/aromatic N) is 2. The van der Waals surface area contributed by atoms with Gasteiger partial charge in [0.2, 0.25) is 0 Å². The molecule has 1 atom stereocenters. The average molecular weight is 329 g/mol. The largest absolute Gasteiger partial charge is 0.481 e. The van der Waals surface area contributed by atoms with E-state index in [1.165, 1.54) is 5.56 Å². The minimum absolute atomic E-state index is 0.0392. The van der Waals surface area contributed by atoms with Crippen LogP contribution in [0.3, 0.4) is 0 Å². The van der Waals surface area contributed by atoms with Gasteiger partial charge in [-0.25, -0.2) is 4.68 Å². The second-order valence-corrected chi connectivity index (χ2v) is 6.97. The van der Waals surface area contributed by atoms with E-state index in [0.717, 1.165) is 13.0 Å². The molecular formula is C19H27N3O2. The fraction of sp³-hybridized carbons (Fsp3) is 0.474. The Balaban J connectivity index is 2.03. The highest BCUT2D eigenvalue weighted by molar-refractivity contribution is 5.93. The lowest BCUT2D eigenvalue weighted by atomic mass is 9.87. The van der Waals surface area contributed by atoms with E-state index in [4.69, 9.17) is 4.74 Å². The fourth-order valence-electron chi connectivity index (χ4n) is 2.35. The molecular weight excluding hydrogens is 302 g/mol. The molecule has 1 aromatic carbocycles. The molecule has 5 nitrogen and oxygen atoms in total. The van der Waals surface area contributed by atoms with Gasteiger partial charge in [0.15, 0.2) is 6.10 Å². The normalized spacial score (nSPS) is 12.7. The van der Waals surface area contributed by atoms with Crippen molar-refractivity contribution >= 4 is 11.7 Å². The first kappa shape index (κ1) is 18.0. The number of amides is 1. The zero-order valence-electron chi connectivity index (χ0n) is 15.2. The van der Waals surface area contributed by atoms with Gasteiger partial charge in [-0.05, 0) is 36.5 Å². The summed E-state index contributed by atoms with van der Waals surface area (Å²) in [6, 6.07) is 9.68. The van der Waals surface area contributed by atoms with Crippen molar-refractivity contribution in [2.45, 2.75) is 59.1 Å². The highest BCUT2D eigenvalue weighted by atomic mass is 16.5. The van der Waals surface area contributed by atoms with Gasteiger partial charge in [-0.3, -0.25) is 4.79 Å². The second-order valence-electron chi connectivity index (χ2n) is 6.97. The van der Waals surface area contributed by atoms with Crippen molar-refractivity contribution in [3.8, 4) is 5.75 Å². The van der Waals surface area contributed by atoms with Crippen LogP contribution in [0, 0.1) is 0 Å². The Morgan fingerprint density at radius 2 is 2.08 bits per heavy atom. The molecule has 0 saturated heterocycles. The van der Waals surface area contributed by atoms with Crippen LogP contribution in [0.4, 0.5) is 5.82 Å². The third-order valence-electron chi connectivity index (χ3n) is 3.79. The van der Waals surface area contributed by atoms with Crippen LogP contribution in [0.15, 0.2) is 36.5 Å². The van der Waals surface area contributed by atoms with Crippen LogP contribution < -0.4 is 10.1 Å². The van der Waals surface area contributed by atoms with Crippen LogP contribution in [0.5, 0.6) is 5.75 Å². The minimum Gasteiger partial charge on any atom is -0.481 e. The summed E-state index contributed by atoms with van der Waals surface area (Å²) in [4.78, 5) is 12.4. The molecule has 1 N–H and O–H groups in total. The maximum atomic E-state index is 12.4. The van der Waals surface area contributed by atoms with Crippen LogP contribution in [0.25, 0.3) is 0 Å². The monoisotopic (exact) mass is 329 g/mol. The van der Waals surface area contributed by atoms with Gasteiger partial charge in [-0.1, -0.05) is 39.8 Å². The van der Waals surface area contributed by atoms with E-state index in [1.807, 2.05) is 18.2 Å². The first-order valence-electron chi connectivity index (χ1n) is 8.41. The van der Waals surface area contributed by atoms with Crippen molar-refractivity contribution in [3.63, 3.8) is 0 Å². The lowest BCUT2D eigenvalue weighted by Gasteiger charge is -2.21. The van der Waals surface area contributed by atoms with Gasteiger partial charge in [0.1, 0.15) is 11.6 Å². The first-order chi connectivity index (χ1) is 11.3. The number of hydrogen-bond donors (Lipinski definition) is 1. The average Bonchev–Trinajstić information content (AvgIpc) is 2.94. The van der Waals surface area contributed by atoms with Crippen LogP contribution >= 0.6 is 0 Å². The molecule has 0 spiro atoms. The summed E-state index contributed by atoms with van der Waals surface area (Å²) in [5, 5.41) is 7.08. The summed E-state index contributed by atoms with van der Waals surface area (Å²) in [6.45, 7) is 11.0. The molecule has 5 heteroatoms. The summed E-state index contributed by atoms with van der Waals surface area (Å²) in [7, 11) is 0. The van der Waals surface area contributed by atoms with Crippen LogP contribution in [-0.2, 0) is 16.8 Å². The Labute approximate surface area is 144 Å². The number of rotatable bonds is 6. The van der Waals surface area contributed by atoms with Gasteiger partial charge in [0.25, 0.3) is 5.91 Å². The van der Waals surface area contributed by atoms with Gasteiger partial charge in [0.05, 0.1) is 6.20 Å². The highest BCUT2D eigenvalue weighted by Crippen LogP contribution is 2.26. The lowest BCUT2D eigenvalue weighted by Crippen LogP contribution is -2.31. The van der Waals surface area contributed by atoms with Crippen molar-refractivity contribution in [1.82, 2.24) is 9.78 Å². The molecule has 0 aliphatic heterocycles. The SMILES string of the molecule is CCCn1nccc1NC(=O)C(C)Oc1cccc(C(C)(C)C)c1. The summed E-state index contributed by atoms with van der Waals surface area (Å²) < 4.78 is 7.60. The standard InChI is InChI=1S/C19H27N3O2/c1-6-12-22-17(10-11-20-22)21-18(23)14(2)24-16-9-7-8-15(13-16)19(3,4)5/h7-11,13-14H,6,12H2,1-5H3,(H,21,23). The zero-order chi connectivity index (χ0) is 17.7. The molecule has 2 aromatic rings. The Morgan fingerprint density at radius 1 is 1.33 bits per heavy atom. The van der Waals surface area contributed by atoms with Crippen LogP contribution in [-0.4, -0.2) is 21.8 Å². The Morgan fingerprint density at radius 3 is 2.75 bits per heavy atom. The van der Waals surface area contributed by atoms with Crippen molar-refractivity contribution in [2.24, 2.45) is 0 Å². The molecule has 0 saturated carbocycles. The molecule has 0 radical (unpaired) electrons. The summed E-state index contributed by atoms with van der Waals surface area (Å²) in [6.07, 6.45) is 2.05. The molecule has 0 fully saturated rings. The fourth-order valence-corrected chi connectivity index (χ4v) is 2.35. The molecule has 1 heterocycles. The number of benzene rings is 1. The number of anilines is 1. The van der Waals surface area contributed by atoms with E-state index < -0.39 is 6.10 Å². The summed E-state index contributed by atoms with van der Waals surface area (Å²) in [5.74, 6) is 1.21. The Hall–Kier alpha value is -2.30. The van der Waals surface area contributed by atoms with E-state index >= 15 is 0 Å². The Kier molecular flexibility index (Phi) is 5.65. The molecule has 1 amide bonds. The van der Waals surface area contributed by atoms with Crippen molar-refractivity contribution in [3.05, 3.63) is 42.1 Å². The lowest BCUT2D eigenvalue weighted by molar-refractivity contribution is -0.122. The molecule has 2 rings (SSSR count). The maximum absolute atomic E-state index is 12.4. The van der Waals surface area contributed by atoms with Crippen LogP contribution in [0.2, 0.25) is 0 Å². The highest BCUT2D eigenvalue weighted by Gasteiger charge is 2.18. The number of carbonyl (C=O) groups excluding carboxylic acids is 1. The topological polar surface area (TPSA) is 56.2 Å². The number of hydrogen-bond acceptors (Lipinski definition) is 3. The zero-order valence-corrected chi connectivity index (χ0v) is 15.2. The van der Waals surface area contributed by atoms with Crippen molar-refractivity contribution < 1.29 is 9.53 Å². The quantitative estimate of drug-likeness (QED) is 0.871. The third-order valence-corrected chi connectivity index (χ3v) is 3.79. The molecule has 0 bridgehead atoms. The number of aromatic nitrogens is 2. The number of carbonyl (C=O) groups is 1. The van der Waals surface area contributed by atoms with Gasteiger partial charge < -0.3 is 10.1 Å². The molecule has 0 aliphatic rings. The van der Waals surface area contributed by atoms with E-state index in [2.05, 4.69) is 44.2 Å². The first-order valence-corrected chi connectivity index (χ1v) is 8.41. The predicted octanol–water partition coefficient (Wildman–Crippen LogP) is 4.00. The Bertz CT molecular complexity index is 686. The smallest absolute Gasteiger partial charge is 0.266 e. The van der Waals surface area contributed by atoms with Gasteiger partial charge in [-0.2, -0.15) is 5.10 Å². The maximum Gasteiger partial charge on any atom is 0.266 e. The van der Waals surface area contributed by atoms with Crippen molar-refractivity contribution in [1.29, 1.82) is 0 Å². The number of ether oxygens (including phenoxy) is 1. The van der Waals surface area contributed by atoms with E-state index in [1.54, 1.807) is 23.9 Å². The van der Waals surface area contributed by atoms with E-state index in [0.29, 0.717) is 11.6 Å². The van der Waals surface area contributed by atoms with E-state index in [-0.39, 0.29) is 11.3 Å². The van der Waals surface area contributed by atoms with Crippen LogP contribution in [0.1, 0.15) is 46.6 Å². The minimum atomic E-state index is -0.592. The molecule has 24 heavy (non-hydrogen) atoms. The molecule has 1 aromatic heterocycles. The van der Waals surface area contributed by atoms with E-state index in [9.17, 15) is 4.79 Å². The third kappa shape index (κ3) is 4.60.